The predicted molar refractivity (Wildman–Crippen MR) is 83.5 cm³/mol. The number of ether oxygens (including phenoxy) is 1. The second-order valence-corrected chi connectivity index (χ2v) is 6.48. The van der Waals surface area contributed by atoms with Crippen LogP contribution in [0.1, 0.15) is 38.2 Å². The van der Waals surface area contributed by atoms with Crippen LogP contribution in [0.4, 0.5) is 4.39 Å². The van der Waals surface area contributed by atoms with Gasteiger partial charge in [0.1, 0.15) is 5.82 Å². The Bertz CT molecular complexity index is 443. The molecule has 1 aliphatic rings. The molecule has 0 spiro atoms. The minimum Gasteiger partial charge on any atom is -0.377 e. The molecule has 1 aromatic carbocycles. The summed E-state index contributed by atoms with van der Waals surface area (Å²) in [5.74, 6) is -0.137. The normalized spacial score (nSPS) is 18.6. The Morgan fingerprint density at radius 1 is 1.45 bits per heavy atom. The number of methoxy groups -OCH3 is 1. The Labute approximate surface area is 129 Å². The maximum atomic E-state index is 14.0. The van der Waals surface area contributed by atoms with Crippen molar-refractivity contribution in [3.8, 4) is 0 Å². The molecule has 2 rings (SSSR count). The standard InChI is InChI=1S/C16H23BrFNO/c1-3-9-19-15(16(20-2)7-4-8-16)11-12-10-13(17)5-6-14(12)18/h5-6,10,15,19H,3-4,7-9,11H2,1-2H3. The topological polar surface area (TPSA) is 21.3 Å². The highest BCUT2D eigenvalue weighted by molar-refractivity contribution is 9.10. The number of hydrogen-bond donors (Lipinski definition) is 1. The molecule has 0 aromatic heterocycles. The maximum absolute atomic E-state index is 14.0. The number of halogens is 2. The monoisotopic (exact) mass is 343 g/mol. The van der Waals surface area contributed by atoms with Crippen molar-refractivity contribution in [2.24, 2.45) is 0 Å². The van der Waals surface area contributed by atoms with E-state index in [9.17, 15) is 4.39 Å². The lowest BCUT2D eigenvalue weighted by atomic mass is 9.72. The van der Waals surface area contributed by atoms with Crippen LogP contribution in [0.25, 0.3) is 0 Å². The molecule has 0 amide bonds. The third-order valence-electron chi connectivity index (χ3n) is 4.31. The van der Waals surface area contributed by atoms with Crippen molar-refractivity contribution >= 4 is 15.9 Å². The summed E-state index contributed by atoms with van der Waals surface area (Å²) in [5.41, 5.74) is 0.625. The van der Waals surface area contributed by atoms with Crippen molar-refractivity contribution in [1.82, 2.24) is 5.32 Å². The Balaban J connectivity index is 2.16. The van der Waals surface area contributed by atoms with Crippen LogP contribution in [0, 0.1) is 5.82 Å². The third-order valence-corrected chi connectivity index (χ3v) is 4.81. The molecular weight excluding hydrogens is 321 g/mol. The molecule has 2 nitrogen and oxygen atoms in total. The van der Waals surface area contributed by atoms with Crippen LogP contribution >= 0.6 is 15.9 Å². The van der Waals surface area contributed by atoms with E-state index in [4.69, 9.17) is 4.74 Å². The van der Waals surface area contributed by atoms with Crippen molar-refractivity contribution in [2.75, 3.05) is 13.7 Å². The zero-order valence-electron chi connectivity index (χ0n) is 12.2. The van der Waals surface area contributed by atoms with Crippen molar-refractivity contribution < 1.29 is 9.13 Å². The van der Waals surface area contributed by atoms with E-state index in [1.165, 1.54) is 12.5 Å². The quantitative estimate of drug-likeness (QED) is 0.805. The first-order valence-corrected chi connectivity index (χ1v) is 8.13. The fraction of sp³-hybridized carbons (Fsp3) is 0.625. The molecule has 1 aliphatic carbocycles. The molecule has 0 saturated heterocycles. The average Bonchev–Trinajstić information content (AvgIpc) is 2.39. The molecule has 0 bridgehead atoms. The first-order chi connectivity index (χ1) is 9.61. The zero-order valence-corrected chi connectivity index (χ0v) is 13.8. The number of hydrogen-bond acceptors (Lipinski definition) is 2. The summed E-state index contributed by atoms with van der Waals surface area (Å²) in [4.78, 5) is 0. The second kappa shape index (κ2) is 7.01. The van der Waals surface area contributed by atoms with Gasteiger partial charge in [-0.05, 0) is 62.4 Å². The van der Waals surface area contributed by atoms with Crippen molar-refractivity contribution in [1.29, 1.82) is 0 Å². The molecule has 1 N–H and O–H groups in total. The Kier molecular flexibility index (Phi) is 5.58. The van der Waals surface area contributed by atoms with Gasteiger partial charge in [0.25, 0.3) is 0 Å². The first kappa shape index (κ1) is 15.9. The summed E-state index contributed by atoms with van der Waals surface area (Å²) in [6.45, 7) is 3.08. The highest BCUT2D eigenvalue weighted by Gasteiger charge is 2.44. The van der Waals surface area contributed by atoms with E-state index in [1.54, 1.807) is 13.2 Å². The van der Waals surface area contributed by atoms with E-state index in [-0.39, 0.29) is 17.5 Å². The largest absolute Gasteiger partial charge is 0.377 e. The Morgan fingerprint density at radius 3 is 2.75 bits per heavy atom. The molecule has 20 heavy (non-hydrogen) atoms. The summed E-state index contributed by atoms with van der Waals surface area (Å²) in [7, 11) is 1.77. The summed E-state index contributed by atoms with van der Waals surface area (Å²) >= 11 is 3.42. The molecule has 0 heterocycles. The summed E-state index contributed by atoms with van der Waals surface area (Å²) in [6.07, 6.45) is 5.04. The van der Waals surface area contributed by atoms with E-state index in [2.05, 4.69) is 28.2 Å². The Hall–Kier alpha value is -0.450. The molecule has 112 valence electrons. The SMILES string of the molecule is CCCNC(Cc1cc(Br)ccc1F)C1(OC)CCC1. The zero-order chi connectivity index (χ0) is 14.6. The van der Waals surface area contributed by atoms with Crippen LogP contribution in [0.2, 0.25) is 0 Å². The van der Waals surface area contributed by atoms with Gasteiger partial charge >= 0.3 is 0 Å². The maximum Gasteiger partial charge on any atom is 0.126 e. The summed E-state index contributed by atoms with van der Waals surface area (Å²) in [5, 5.41) is 3.55. The molecule has 1 aromatic rings. The van der Waals surface area contributed by atoms with Gasteiger partial charge in [-0.3, -0.25) is 0 Å². The number of benzene rings is 1. The van der Waals surface area contributed by atoms with Crippen LogP contribution in [-0.2, 0) is 11.2 Å². The Morgan fingerprint density at radius 2 is 2.20 bits per heavy atom. The molecule has 4 heteroatoms. The lowest BCUT2D eigenvalue weighted by Crippen LogP contribution is -2.57. The van der Waals surface area contributed by atoms with Gasteiger partial charge in [0, 0.05) is 17.6 Å². The number of rotatable bonds is 7. The average molecular weight is 344 g/mol. The van der Waals surface area contributed by atoms with Gasteiger partial charge in [-0.25, -0.2) is 4.39 Å². The van der Waals surface area contributed by atoms with Gasteiger partial charge < -0.3 is 10.1 Å². The van der Waals surface area contributed by atoms with Gasteiger partial charge in [0.05, 0.1) is 5.60 Å². The minimum absolute atomic E-state index is 0.121. The highest BCUT2D eigenvalue weighted by atomic mass is 79.9. The van der Waals surface area contributed by atoms with Crippen LogP contribution in [0.3, 0.4) is 0 Å². The molecule has 1 fully saturated rings. The van der Waals surface area contributed by atoms with E-state index in [0.29, 0.717) is 6.42 Å². The molecular formula is C16H23BrFNO. The van der Waals surface area contributed by atoms with Crippen LogP contribution in [0.5, 0.6) is 0 Å². The molecule has 1 unspecified atom stereocenters. The summed E-state index contributed by atoms with van der Waals surface area (Å²) in [6, 6.07) is 5.31. The lowest BCUT2D eigenvalue weighted by molar-refractivity contribution is -0.0981. The van der Waals surface area contributed by atoms with Gasteiger partial charge in [-0.2, -0.15) is 0 Å². The predicted octanol–water partition coefficient (Wildman–Crippen LogP) is 4.07. The van der Waals surface area contributed by atoms with Crippen molar-refractivity contribution in [2.45, 2.75) is 50.7 Å². The lowest BCUT2D eigenvalue weighted by Gasteiger charge is -2.47. The first-order valence-electron chi connectivity index (χ1n) is 7.34. The fourth-order valence-corrected chi connectivity index (χ4v) is 3.31. The van der Waals surface area contributed by atoms with Crippen LogP contribution in [-0.4, -0.2) is 25.3 Å². The van der Waals surface area contributed by atoms with Crippen molar-refractivity contribution in [3.05, 3.63) is 34.1 Å². The van der Waals surface area contributed by atoms with Gasteiger partial charge in [0.2, 0.25) is 0 Å². The van der Waals surface area contributed by atoms with E-state index in [0.717, 1.165) is 35.8 Å². The fourth-order valence-electron chi connectivity index (χ4n) is 2.90. The van der Waals surface area contributed by atoms with E-state index < -0.39 is 0 Å². The second-order valence-electron chi connectivity index (χ2n) is 5.57. The van der Waals surface area contributed by atoms with Gasteiger partial charge in [0.15, 0.2) is 0 Å². The highest BCUT2D eigenvalue weighted by Crippen LogP contribution is 2.39. The van der Waals surface area contributed by atoms with Gasteiger partial charge in [-0.1, -0.05) is 22.9 Å². The molecule has 0 aliphatic heterocycles. The van der Waals surface area contributed by atoms with Crippen LogP contribution in [0.15, 0.2) is 22.7 Å². The minimum atomic E-state index is -0.137. The number of nitrogens with one attached hydrogen (secondary N) is 1. The summed E-state index contributed by atoms with van der Waals surface area (Å²) < 4.78 is 20.7. The molecule has 1 saturated carbocycles. The third kappa shape index (κ3) is 3.41. The van der Waals surface area contributed by atoms with Crippen LogP contribution < -0.4 is 5.32 Å². The van der Waals surface area contributed by atoms with E-state index in [1.807, 2.05) is 6.07 Å². The van der Waals surface area contributed by atoms with Gasteiger partial charge in [-0.15, -0.1) is 0 Å². The smallest absolute Gasteiger partial charge is 0.126 e. The molecule has 1 atom stereocenters. The van der Waals surface area contributed by atoms with E-state index >= 15 is 0 Å². The van der Waals surface area contributed by atoms with Crippen molar-refractivity contribution in [3.63, 3.8) is 0 Å². The molecule has 0 radical (unpaired) electrons.